The minimum Gasteiger partial charge on any atom is -0.458 e. The van der Waals surface area contributed by atoms with Crippen molar-refractivity contribution in [3.63, 3.8) is 0 Å². The van der Waals surface area contributed by atoms with Gasteiger partial charge in [-0.05, 0) is 81.4 Å². The molecule has 32 heavy (non-hydrogen) atoms. The largest absolute Gasteiger partial charge is 0.458 e. The van der Waals surface area contributed by atoms with Crippen LogP contribution < -0.4 is 0 Å². The van der Waals surface area contributed by atoms with Crippen LogP contribution in [0.2, 0.25) is 23.2 Å². The van der Waals surface area contributed by atoms with E-state index in [2.05, 4.69) is 34.6 Å². The number of esters is 1. The molecular weight excluding hydrogens is 436 g/mol. The van der Waals surface area contributed by atoms with E-state index in [1.807, 2.05) is 30.3 Å². The van der Waals surface area contributed by atoms with Gasteiger partial charge in [0.05, 0.1) is 5.60 Å². The van der Waals surface area contributed by atoms with E-state index in [1.165, 1.54) is 11.1 Å². The van der Waals surface area contributed by atoms with Gasteiger partial charge >= 0.3 is 5.97 Å². The summed E-state index contributed by atoms with van der Waals surface area (Å²) in [6, 6.07) is 11.1. The lowest BCUT2D eigenvalue weighted by Gasteiger charge is -2.43. The van der Waals surface area contributed by atoms with Crippen LogP contribution in [-0.4, -0.2) is 26.0 Å². The number of hydrogen-bond donors (Lipinski definition) is 0. The molecule has 1 aromatic carbocycles. The summed E-state index contributed by atoms with van der Waals surface area (Å²) in [5.74, 6) is 0.109. The molecule has 4 atom stereocenters. The van der Waals surface area contributed by atoms with Crippen molar-refractivity contribution in [3.05, 3.63) is 51.6 Å². The molecule has 1 aliphatic heterocycles. The average molecular weight is 473 g/mol. The molecule has 1 saturated heterocycles. The Labute approximate surface area is 199 Å². The van der Waals surface area contributed by atoms with Crippen LogP contribution >= 0.6 is 11.6 Å². The van der Waals surface area contributed by atoms with E-state index in [0.717, 1.165) is 55.0 Å². The van der Waals surface area contributed by atoms with Gasteiger partial charge in [-0.3, -0.25) is 0 Å². The first-order chi connectivity index (χ1) is 15.3. The molecule has 1 aromatic rings. The highest BCUT2D eigenvalue weighted by atomic mass is 35.5. The van der Waals surface area contributed by atoms with Crippen molar-refractivity contribution in [2.45, 2.75) is 90.1 Å². The van der Waals surface area contributed by atoms with E-state index in [-0.39, 0.29) is 29.5 Å². The predicted molar refractivity (Wildman–Crippen MR) is 134 cm³/mol. The Hall–Kier alpha value is -1.36. The zero-order chi connectivity index (χ0) is 23.1. The summed E-state index contributed by atoms with van der Waals surface area (Å²) in [5.41, 5.74) is 4.53. The minimum absolute atomic E-state index is 0.109. The molecule has 0 aromatic heterocycles. The summed E-state index contributed by atoms with van der Waals surface area (Å²) in [6.45, 7) is 11.5. The Morgan fingerprint density at radius 1 is 1.16 bits per heavy atom. The Balaban J connectivity index is 1.72. The van der Waals surface area contributed by atoms with Crippen LogP contribution in [0.4, 0.5) is 0 Å². The summed E-state index contributed by atoms with van der Waals surface area (Å²) in [6.07, 6.45) is 5.95. The monoisotopic (exact) mass is 472 g/mol. The molecule has 0 spiro atoms. The van der Waals surface area contributed by atoms with Crippen molar-refractivity contribution in [1.82, 2.24) is 0 Å². The predicted octanol–water partition coefficient (Wildman–Crippen LogP) is 7.57. The molecule has 0 N–H and O–H groups in total. The highest BCUT2D eigenvalue weighted by Crippen LogP contribution is 2.55. The molecule has 1 saturated carbocycles. The maximum Gasteiger partial charge on any atom is 0.334 e. The first kappa shape index (κ1) is 23.8. The second-order valence-corrected chi connectivity index (χ2v) is 15.2. The summed E-state index contributed by atoms with van der Waals surface area (Å²) in [7, 11) is -1.80. The number of ether oxygens (including phenoxy) is 1. The number of benzene rings is 1. The van der Waals surface area contributed by atoms with Crippen molar-refractivity contribution < 1.29 is 14.0 Å². The molecule has 0 unspecified atom stereocenters. The number of rotatable bonds is 6. The third-order valence-electron chi connectivity index (χ3n) is 8.48. The number of fused-ring (bicyclic) bond motifs is 3. The molecule has 174 valence electrons. The van der Waals surface area contributed by atoms with Gasteiger partial charge in [-0.2, -0.15) is 0 Å². The Morgan fingerprint density at radius 3 is 2.44 bits per heavy atom. The highest BCUT2D eigenvalue weighted by Gasteiger charge is 2.57. The molecule has 3 nitrogen and oxygen atoms in total. The summed E-state index contributed by atoms with van der Waals surface area (Å²) < 4.78 is 13.4. The van der Waals surface area contributed by atoms with Gasteiger partial charge in [0.2, 0.25) is 0 Å². The number of hydrogen-bond acceptors (Lipinski definition) is 3. The van der Waals surface area contributed by atoms with E-state index >= 15 is 0 Å². The molecule has 0 amide bonds. The maximum atomic E-state index is 13.1. The van der Waals surface area contributed by atoms with Gasteiger partial charge in [-0.15, -0.1) is 0 Å². The van der Waals surface area contributed by atoms with Crippen molar-refractivity contribution >= 4 is 32.0 Å². The van der Waals surface area contributed by atoms with Crippen LogP contribution in [0.5, 0.6) is 0 Å². The Kier molecular flexibility index (Phi) is 6.77. The van der Waals surface area contributed by atoms with Crippen LogP contribution in [0.25, 0.3) is 6.08 Å². The SMILES string of the molecule is CC[Si](CC)(CC)O[C@]1(C)CCC2=C(C)CC[C@H]3/C(=C/c4ccc(Cl)cc4)C(=O)O[C@@H]3[C@H]21. The Morgan fingerprint density at radius 2 is 1.81 bits per heavy atom. The van der Waals surface area contributed by atoms with Crippen LogP contribution in [0, 0.1) is 11.8 Å². The van der Waals surface area contributed by atoms with E-state index in [9.17, 15) is 4.79 Å². The van der Waals surface area contributed by atoms with E-state index < -0.39 is 8.32 Å². The smallest absolute Gasteiger partial charge is 0.334 e. The summed E-state index contributed by atoms with van der Waals surface area (Å²) in [5, 5.41) is 0.701. The van der Waals surface area contributed by atoms with Gasteiger partial charge in [-0.1, -0.05) is 55.7 Å². The quantitative estimate of drug-likeness (QED) is 0.185. The molecular formula is C27H37ClO3Si. The summed E-state index contributed by atoms with van der Waals surface area (Å²) in [4.78, 5) is 13.1. The fraction of sp³-hybridized carbons (Fsp3) is 0.593. The second-order valence-electron chi connectivity index (χ2n) is 10.1. The fourth-order valence-corrected chi connectivity index (χ4v) is 9.60. The average Bonchev–Trinajstić information content (AvgIpc) is 3.23. The van der Waals surface area contributed by atoms with Gasteiger partial charge in [0.15, 0.2) is 8.32 Å². The third-order valence-corrected chi connectivity index (χ3v) is 13.5. The second kappa shape index (κ2) is 9.12. The van der Waals surface area contributed by atoms with Crippen molar-refractivity contribution in [2.24, 2.45) is 11.8 Å². The van der Waals surface area contributed by atoms with Gasteiger partial charge in [-0.25, -0.2) is 4.79 Å². The molecule has 0 radical (unpaired) electrons. The normalized spacial score (nSPS) is 31.5. The number of carbonyl (C=O) groups is 1. The molecule has 2 fully saturated rings. The van der Waals surface area contributed by atoms with Crippen LogP contribution in [-0.2, 0) is 14.0 Å². The third kappa shape index (κ3) is 4.15. The highest BCUT2D eigenvalue weighted by molar-refractivity contribution is 6.73. The number of halogens is 1. The Bertz CT molecular complexity index is 922. The van der Waals surface area contributed by atoms with Gasteiger partial charge in [0.25, 0.3) is 0 Å². The lowest BCUT2D eigenvalue weighted by molar-refractivity contribution is -0.143. The standard InChI is InChI=1S/C27H37ClO3Si/c1-6-32(7-2,8-3)31-27(5)16-15-21-18(4)9-14-22-23(26(29)30-25(22)24(21)27)17-19-10-12-20(28)13-11-19/h10-13,17,22,24-25H,6-9,14-16H2,1-5H3/b23-17-/t22-,24-,25-,27+/m0/s1. The first-order valence-corrected chi connectivity index (χ1v) is 15.2. The molecule has 4 rings (SSSR count). The summed E-state index contributed by atoms with van der Waals surface area (Å²) >= 11 is 6.06. The van der Waals surface area contributed by atoms with E-state index in [0.29, 0.717) is 5.02 Å². The molecule has 3 aliphatic rings. The van der Waals surface area contributed by atoms with Crippen molar-refractivity contribution in [2.75, 3.05) is 0 Å². The van der Waals surface area contributed by atoms with Gasteiger partial charge in [0, 0.05) is 22.4 Å². The van der Waals surface area contributed by atoms with Gasteiger partial charge in [0.1, 0.15) is 6.10 Å². The molecule has 1 heterocycles. The number of allylic oxidation sites excluding steroid dienone is 1. The van der Waals surface area contributed by atoms with Crippen LogP contribution in [0.3, 0.4) is 0 Å². The lowest BCUT2D eigenvalue weighted by atomic mass is 9.79. The van der Waals surface area contributed by atoms with E-state index in [1.54, 1.807) is 0 Å². The van der Waals surface area contributed by atoms with E-state index in [4.69, 9.17) is 20.8 Å². The first-order valence-electron chi connectivity index (χ1n) is 12.3. The van der Waals surface area contributed by atoms with Gasteiger partial charge < -0.3 is 9.16 Å². The molecule has 0 bridgehead atoms. The lowest BCUT2D eigenvalue weighted by Crippen LogP contribution is -2.51. The zero-order valence-corrected chi connectivity index (χ0v) is 21.9. The zero-order valence-electron chi connectivity index (χ0n) is 20.2. The van der Waals surface area contributed by atoms with Crippen molar-refractivity contribution in [3.8, 4) is 0 Å². The number of carbonyl (C=O) groups excluding carboxylic acids is 1. The molecule has 5 heteroatoms. The van der Waals surface area contributed by atoms with Crippen LogP contribution in [0.1, 0.15) is 65.9 Å². The molecule has 2 aliphatic carbocycles. The van der Waals surface area contributed by atoms with Crippen LogP contribution in [0.15, 0.2) is 41.0 Å². The topological polar surface area (TPSA) is 35.5 Å². The maximum absolute atomic E-state index is 13.1. The minimum atomic E-state index is -1.80. The van der Waals surface area contributed by atoms with Crippen molar-refractivity contribution in [1.29, 1.82) is 0 Å². The fourth-order valence-electron chi connectivity index (χ4n) is 6.32.